The highest BCUT2D eigenvalue weighted by atomic mass is 123. The van der Waals surface area contributed by atoms with Gasteiger partial charge in [0.25, 0.3) is 0 Å². The van der Waals surface area contributed by atoms with Gasteiger partial charge >= 0.3 is 0 Å². The normalized spacial score (nSPS) is 16.9. The molecule has 7 heteroatoms. The van der Waals surface area contributed by atoms with E-state index in [1.165, 1.54) is 11.1 Å². The number of aliphatic hydroxyl groups is 1. The largest absolute Gasteiger partial charge is 0.492 e. The van der Waals surface area contributed by atoms with Crippen LogP contribution in [0.4, 0.5) is 0 Å². The Morgan fingerprint density at radius 2 is 1.73 bits per heavy atom. The van der Waals surface area contributed by atoms with Crippen LogP contribution in [0.25, 0.3) is 0 Å². The van der Waals surface area contributed by atoms with Crippen LogP contribution in [0.5, 0.6) is 11.5 Å². The Morgan fingerprint density at radius 3 is 2.36 bits per heavy atom. The molecule has 3 rings (SSSR count). The minimum atomic E-state index is -0.491. The van der Waals surface area contributed by atoms with Crippen LogP contribution in [0.15, 0.2) is 42.5 Å². The topological polar surface area (TPSA) is 54.0 Å². The average Bonchev–Trinajstić information content (AvgIpc) is 2.82. The summed E-state index contributed by atoms with van der Waals surface area (Å²) in [5.41, 5.74) is 2.27. The van der Waals surface area contributed by atoms with Gasteiger partial charge in [0.05, 0.1) is 10.2 Å². The highest BCUT2D eigenvalue weighted by molar-refractivity contribution is 14.1. The van der Waals surface area contributed by atoms with Gasteiger partial charge < -0.3 is 19.9 Å². The van der Waals surface area contributed by atoms with E-state index < -0.39 is 6.10 Å². The summed E-state index contributed by atoms with van der Waals surface area (Å²) < 4.78 is 12.9. The maximum atomic E-state index is 10.3. The second-order valence-electron chi connectivity index (χ2n) is 9.38. The standard InChI is InChI=1S/C26H36ClIN2O3/c1-19(15-27)17-33-25-9-6-21(14-24(25)28)26(2,3)20-4-7-23(8-5-20)32-18-22(31)16-30-12-10-29-11-13-30/h4-9,14,19,22,29,31H,10-13,15-18H2,1-3H3/t19-,22+/m0/s1/i28-4. The van der Waals surface area contributed by atoms with E-state index in [1.807, 2.05) is 12.1 Å². The van der Waals surface area contributed by atoms with Gasteiger partial charge in [-0.15, -0.1) is 11.6 Å². The highest BCUT2D eigenvalue weighted by Crippen LogP contribution is 2.35. The van der Waals surface area contributed by atoms with Gasteiger partial charge in [0.1, 0.15) is 24.2 Å². The molecule has 1 aliphatic rings. The Bertz CT molecular complexity index is 872. The first kappa shape index (κ1) is 26.5. The summed E-state index contributed by atoms with van der Waals surface area (Å²) in [5, 5.41) is 13.6. The second kappa shape index (κ2) is 12.6. The molecule has 1 aliphatic heterocycles. The van der Waals surface area contributed by atoms with Crippen LogP contribution in [0.1, 0.15) is 31.9 Å². The number of β-amino-alcohol motifs (C(OH)–C–C–N with tert-alkyl or cyclic N) is 1. The lowest BCUT2D eigenvalue weighted by molar-refractivity contribution is 0.0641. The summed E-state index contributed by atoms with van der Waals surface area (Å²) in [5.74, 6) is 2.59. The van der Waals surface area contributed by atoms with Crippen LogP contribution in [-0.2, 0) is 5.41 Å². The molecule has 2 aromatic rings. The van der Waals surface area contributed by atoms with E-state index in [4.69, 9.17) is 21.1 Å². The first-order valence-electron chi connectivity index (χ1n) is 11.6. The van der Waals surface area contributed by atoms with E-state index in [0.717, 1.165) is 41.2 Å². The van der Waals surface area contributed by atoms with Gasteiger partial charge in [-0.3, -0.25) is 4.90 Å². The first-order valence-corrected chi connectivity index (χ1v) is 13.2. The number of nitrogens with zero attached hydrogens (tertiary/aromatic N) is 1. The lowest BCUT2D eigenvalue weighted by Gasteiger charge is -2.29. The number of alkyl halides is 1. The zero-order valence-corrected chi connectivity index (χ0v) is 22.7. The highest BCUT2D eigenvalue weighted by Gasteiger charge is 2.24. The maximum absolute atomic E-state index is 10.3. The van der Waals surface area contributed by atoms with Crippen LogP contribution in [0.3, 0.4) is 0 Å². The first-order chi connectivity index (χ1) is 15.8. The van der Waals surface area contributed by atoms with Gasteiger partial charge in [0.15, 0.2) is 0 Å². The van der Waals surface area contributed by atoms with E-state index in [9.17, 15) is 5.11 Å². The SMILES string of the molecule is C[C@@H](CCl)COc1ccc(C(C)(C)c2ccc(OC[C@H](O)CN3CCNCC3)cc2)cc1[123I]. The molecular formula is C26H36ClIN2O3. The number of ether oxygens (including phenoxy) is 2. The van der Waals surface area contributed by atoms with E-state index in [0.29, 0.717) is 31.6 Å². The maximum Gasteiger partial charge on any atom is 0.132 e. The zero-order chi connectivity index (χ0) is 23.8. The summed E-state index contributed by atoms with van der Waals surface area (Å²) in [4.78, 5) is 2.27. The molecule has 1 heterocycles. The molecule has 0 amide bonds. The number of hydrogen-bond donors (Lipinski definition) is 2. The molecule has 2 aromatic carbocycles. The number of halogens is 2. The molecule has 0 saturated carbocycles. The van der Waals surface area contributed by atoms with E-state index in [1.54, 1.807) is 0 Å². The van der Waals surface area contributed by atoms with Crippen LogP contribution >= 0.6 is 34.2 Å². The summed E-state index contributed by atoms with van der Waals surface area (Å²) in [6, 6.07) is 14.6. The van der Waals surface area contributed by atoms with Gasteiger partial charge in [-0.1, -0.05) is 39.0 Å². The van der Waals surface area contributed by atoms with Crippen molar-refractivity contribution in [1.29, 1.82) is 0 Å². The predicted molar refractivity (Wildman–Crippen MR) is 144 cm³/mol. The number of benzene rings is 2. The Hall–Kier alpha value is -1.06. The summed E-state index contributed by atoms with van der Waals surface area (Å²) >= 11 is 8.23. The molecule has 2 atom stereocenters. The molecule has 1 fully saturated rings. The fraction of sp³-hybridized carbons (Fsp3) is 0.538. The Labute approximate surface area is 216 Å². The molecule has 33 heavy (non-hydrogen) atoms. The Morgan fingerprint density at radius 1 is 1.06 bits per heavy atom. The zero-order valence-electron chi connectivity index (χ0n) is 19.8. The molecule has 2 N–H and O–H groups in total. The number of nitrogens with one attached hydrogen (secondary N) is 1. The summed E-state index contributed by atoms with van der Waals surface area (Å²) in [6.07, 6.45) is -0.491. The van der Waals surface area contributed by atoms with Crippen molar-refractivity contribution in [2.75, 3.05) is 51.8 Å². The lowest BCUT2D eigenvalue weighted by Crippen LogP contribution is -2.47. The van der Waals surface area contributed by atoms with Crippen molar-refractivity contribution >= 4 is 34.2 Å². The van der Waals surface area contributed by atoms with Crippen molar-refractivity contribution in [1.82, 2.24) is 10.2 Å². The van der Waals surface area contributed by atoms with E-state index >= 15 is 0 Å². The fourth-order valence-electron chi connectivity index (χ4n) is 3.85. The number of piperazine rings is 1. The predicted octanol–water partition coefficient (Wildman–Crippen LogP) is 4.52. The van der Waals surface area contributed by atoms with Gasteiger partial charge in [0.2, 0.25) is 0 Å². The number of hydrogen-bond acceptors (Lipinski definition) is 5. The number of rotatable bonds is 11. The quantitative estimate of drug-likeness (QED) is 0.302. The second-order valence-corrected chi connectivity index (χ2v) is 10.9. The van der Waals surface area contributed by atoms with E-state index in [-0.39, 0.29) is 5.41 Å². The summed E-state index contributed by atoms with van der Waals surface area (Å²) in [7, 11) is 0. The third-order valence-electron chi connectivity index (χ3n) is 6.14. The molecule has 0 bridgehead atoms. The van der Waals surface area contributed by atoms with E-state index in [2.05, 4.69) is 83.9 Å². The Balaban J connectivity index is 1.57. The number of aliphatic hydroxyl groups excluding tert-OH is 1. The van der Waals surface area contributed by atoms with Crippen molar-refractivity contribution in [2.24, 2.45) is 5.92 Å². The van der Waals surface area contributed by atoms with Gasteiger partial charge in [-0.25, -0.2) is 0 Å². The Kier molecular flexibility index (Phi) is 10.1. The van der Waals surface area contributed by atoms with Gasteiger partial charge in [-0.05, 0) is 58.0 Å². The molecule has 0 unspecified atom stereocenters. The van der Waals surface area contributed by atoms with Crippen molar-refractivity contribution < 1.29 is 14.6 Å². The minimum Gasteiger partial charge on any atom is -0.492 e. The molecule has 0 aromatic heterocycles. The molecule has 5 nitrogen and oxygen atoms in total. The average molecular weight is 583 g/mol. The molecule has 0 spiro atoms. The third kappa shape index (κ3) is 7.72. The van der Waals surface area contributed by atoms with Crippen molar-refractivity contribution in [2.45, 2.75) is 32.3 Å². The van der Waals surface area contributed by atoms with Crippen LogP contribution < -0.4 is 14.8 Å². The van der Waals surface area contributed by atoms with Crippen molar-refractivity contribution in [3.05, 3.63) is 57.2 Å². The fourth-order valence-corrected chi connectivity index (χ4v) is 4.61. The monoisotopic (exact) mass is 582 g/mol. The smallest absolute Gasteiger partial charge is 0.132 e. The molecule has 0 aliphatic carbocycles. The van der Waals surface area contributed by atoms with Crippen molar-refractivity contribution in [3.8, 4) is 11.5 Å². The van der Waals surface area contributed by atoms with Crippen molar-refractivity contribution in [3.63, 3.8) is 0 Å². The summed E-state index contributed by atoms with van der Waals surface area (Å²) in [6.45, 7) is 12.0. The molecule has 1 saturated heterocycles. The van der Waals surface area contributed by atoms with Gasteiger partial charge in [-0.2, -0.15) is 0 Å². The van der Waals surface area contributed by atoms with Gasteiger partial charge in [0, 0.05) is 49.9 Å². The minimum absolute atomic E-state index is 0.164. The van der Waals surface area contributed by atoms with Crippen LogP contribution in [0, 0.1) is 9.49 Å². The van der Waals surface area contributed by atoms with Crippen LogP contribution in [-0.4, -0.2) is 67.9 Å². The van der Waals surface area contributed by atoms with Crippen LogP contribution in [0.2, 0.25) is 0 Å². The molecular weight excluding hydrogens is 547 g/mol. The molecule has 0 radical (unpaired) electrons. The lowest BCUT2D eigenvalue weighted by atomic mass is 9.78. The third-order valence-corrected chi connectivity index (χ3v) is 7.51. The molecule has 182 valence electrons.